The van der Waals surface area contributed by atoms with Crippen LogP contribution in [0.5, 0.6) is 0 Å². The van der Waals surface area contributed by atoms with Crippen molar-refractivity contribution in [1.29, 1.82) is 0 Å². The van der Waals surface area contributed by atoms with Gasteiger partial charge in [0.25, 0.3) is 0 Å². The molecule has 0 aliphatic carbocycles. The Kier molecular flexibility index (Phi) is 5.69. The first kappa shape index (κ1) is 16.8. The molecule has 0 aromatic heterocycles. The van der Waals surface area contributed by atoms with Gasteiger partial charge in [0.1, 0.15) is 0 Å². The average Bonchev–Trinajstić information content (AvgIpc) is 2.47. The van der Waals surface area contributed by atoms with Crippen molar-refractivity contribution in [3.63, 3.8) is 0 Å². The van der Waals surface area contributed by atoms with Crippen molar-refractivity contribution in [2.24, 2.45) is 0 Å². The summed E-state index contributed by atoms with van der Waals surface area (Å²) >= 11 is 15.6. The maximum absolute atomic E-state index is 9.87. The number of hydrogen-bond acceptors (Lipinski definition) is 2. The normalized spacial score (nSPS) is 11.7. The lowest BCUT2D eigenvalue weighted by atomic mass is 9.77. The van der Waals surface area contributed by atoms with Crippen LogP contribution in [0.15, 0.2) is 46.9 Å². The molecule has 0 bridgehead atoms. The Morgan fingerprint density at radius 1 is 1.00 bits per heavy atom. The smallest absolute Gasteiger partial charge is 0.0553 e. The predicted octanol–water partition coefficient (Wildman–Crippen LogP) is 4.22. The molecule has 0 spiro atoms. The molecule has 2 aromatic rings. The summed E-state index contributed by atoms with van der Waals surface area (Å²) in [5, 5.41) is 20.9. The van der Waals surface area contributed by atoms with Gasteiger partial charge in [0, 0.05) is 19.9 Å². The molecule has 2 aromatic carbocycles. The lowest BCUT2D eigenvalue weighted by molar-refractivity contribution is 0.116. The molecule has 0 heterocycles. The highest BCUT2D eigenvalue weighted by Gasteiger charge is 2.32. The molecule has 0 amide bonds. The van der Waals surface area contributed by atoms with Gasteiger partial charge in [-0.15, -0.1) is 0 Å². The Hall–Kier alpha value is -0.580. The van der Waals surface area contributed by atoms with E-state index in [2.05, 4.69) is 15.9 Å². The van der Waals surface area contributed by atoms with Crippen molar-refractivity contribution < 1.29 is 10.2 Å². The van der Waals surface area contributed by atoms with Crippen LogP contribution < -0.4 is 0 Å². The molecule has 0 unspecified atom stereocenters. The van der Waals surface area contributed by atoms with E-state index in [4.69, 9.17) is 23.2 Å². The van der Waals surface area contributed by atoms with Gasteiger partial charge in [-0.05, 0) is 41.8 Å². The highest BCUT2D eigenvalue weighted by molar-refractivity contribution is 9.10. The van der Waals surface area contributed by atoms with E-state index >= 15 is 0 Å². The molecule has 2 nitrogen and oxygen atoms in total. The molecule has 0 aliphatic rings. The fourth-order valence-electron chi connectivity index (χ4n) is 2.29. The second-order valence-corrected chi connectivity index (χ2v) is 6.78. The van der Waals surface area contributed by atoms with E-state index in [-0.39, 0.29) is 13.2 Å². The quantitative estimate of drug-likeness (QED) is 0.803. The summed E-state index contributed by atoms with van der Waals surface area (Å²) in [7, 11) is 0. The Labute approximate surface area is 142 Å². The third kappa shape index (κ3) is 3.79. The van der Waals surface area contributed by atoms with Crippen molar-refractivity contribution >= 4 is 39.1 Å². The van der Waals surface area contributed by atoms with Gasteiger partial charge >= 0.3 is 0 Å². The third-order valence-electron chi connectivity index (χ3n) is 3.59. The minimum atomic E-state index is -0.817. The van der Waals surface area contributed by atoms with Crippen LogP contribution in [0.4, 0.5) is 0 Å². The van der Waals surface area contributed by atoms with E-state index in [1.165, 1.54) is 0 Å². The summed E-state index contributed by atoms with van der Waals surface area (Å²) < 4.78 is 0.887. The van der Waals surface area contributed by atoms with Crippen LogP contribution in [0.3, 0.4) is 0 Å². The molecular weight excluding hydrogens is 375 g/mol. The topological polar surface area (TPSA) is 40.5 Å². The number of benzene rings is 2. The summed E-state index contributed by atoms with van der Waals surface area (Å²) in [5.41, 5.74) is 0.837. The van der Waals surface area contributed by atoms with Gasteiger partial charge in [0.05, 0.1) is 13.2 Å². The van der Waals surface area contributed by atoms with Crippen LogP contribution in [-0.2, 0) is 11.8 Å². The van der Waals surface area contributed by atoms with Crippen LogP contribution in [0, 0.1) is 0 Å². The second kappa shape index (κ2) is 7.12. The first-order valence-electron chi connectivity index (χ1n) is 6.42. The van der Waals surface area contributed by atoms with Crippen LogP contribution >= 0.6 is 39.1 Å². The molecule has 2 rings (SSSR count). The predicted molar refractivity (Wildman–Crippen MR) is 90.2 cm³/mol. The summed E-state index contributed by atoms with van der Waals surface area (Å²) in [6, 6.07) is 12.8. The van der Waals surface area contributed by atoms with Crippen LogP contribution in [0.2, 0.25) is 10.0 Å². The van der Waals surface area contributed by atoms with Gasteiger partial charge in [-0.3, -0.25) is 0 Å². The van der Waals surface area contributed by atoms with E-state index in [1.54, 1.807) is 24.3 Å². The molecule has 0 aliphatic heterocycles. The minimum Gasteiger partial charge on any atom is -0.395 e. The minimum absolute atomic E-state index is 0.198. The van der Waals surface area contributed by atoms with Crippen LogP contribution in [-0.4, -0.2) is 23.4 Å². The molecule has 0 atom stereocenters. The summed E-state index contributed by atoms with van der Waals surface area (Å²) in [4.78, 5) is 0. The maximum atomic E-state index is 9.87. The van der Waals surface area contributed by atoms with E-state index in [0.717, 1.165) is 15.6 Å². The summed E-state index contributed by atoms with van der Waals surface area (Å²) in [6.07, 6.45) is 0.423. The van der Waals surface area contributed by atoms with Crippen molar-refractivity contribution in [2.75, 3.05) is 13.2 Å². The largest absolute Gasteiger partial charge is 0.395 e. The van der Waals surface area contributed by atoms with Gasteiger partial charge in [-0.25, -0.2) is 0 Å². The Balaban J connectivity index is 2.43. The Morgan fingerprint density at radius 2 is 1.71 bits per heavy atom. The van der Waals surface area contributed by atoms with Crippen molar-refractivity contribution in [2.45, 2.75) is 11.8 Å². The standard InChI is InChI=1S/C16H15BrCl2O2/c17-13-5-4-11(15(19)7-13)8-16(9-20,10-21)12-2-1-3-14(18)6-12/h1-7,20-21H,8-10H2. The molecule has 0 saturated carbocycles. The van der Waals surface area contributed by atoms with E-state index in [9.17, 15) is 10.2 Å². The van der Waals surface area contributed by atoms with Gasteiger partial charge in [-0.1, -0.05) is 57.3 Å². The fourth-order valence-corrected chi connectivity index (χ4v) is 3.22. The summed E-state index contributed by atoms with van der Waals surface area (Å²) in [5.74, 6) is 0. The highest BCUT2D eigenvalue weighted by Crippen LogP contribution is 2.33. The molecule has 112 valence electrons. The number of aliphatic hydroxyl groups excluding tert-OH is 2. The second-order valence-electron chi connectivity index (χ2n) is 5.02. The number of halogens is 3. The Morgan fingerprint density at radius 3 is 2.29 bits per heavy atom. The number of rotatable bonds is 5. The van der Waals surface area contributed by atoms with E-state index in [1.807, 2.05) is 18.2 Å². The lowest BCUT2D eigenvalue weighted by Crippen LogP contribution is -2.37. The van der Waals surface area contributed by atoms with E-state index in [0.29, 0.717) is 16.5 Å². The molecule has 0 fully saturated rings. The number of hydrogen-bond donors (Lipinski definition) is 2. The SMILES string of the molecule is OCC(CO)(Cc1ccc(Br)cc1Cl)c1cccc(Cl)c1. The molecule has 5 heteroatoms. The zero-order valence-corrected chi connectivity index (χ0v) is 14.3. The zero-order chi connectivity index (χ0) is 15.5. The fraction of sp³-hybridized carbons (Fsp3) is 0.250. The maximum Gasteiger partial charge on any atom is 0.0553 e. The van der Waals surface area contributed by atoms with E-state index < -0.39 is 5.41 Å². The molecule has 21 heavy (non-hydrogen) atoms. The first-order valence-corrected chi connectivity index (χ1v) is 7.97. The van der Waals surface area contributed by atoms with Gasteiger partial charge in [0.2, 0.25) is 0 Å². The third-order valence-corrected chi connectivity index (χ3v) is 4.67. The van der Waals surface area contributed by atoms with Crippen molar-refractivity contribution in [3.05, 3.63) is 68.1 Å². The average molecular weight is 390 g/mol. The summed E-state index contributed by atoms with van der Waals surface area (Å²) in [6.45, 7) is -0.396. The Bertz CT molecular complexity index is 627. The molecule has 0 saturated heterocycles. The van der Waals surface area contributed by atoms with Gasteiger partial charge in [-0.2, -0.15) is 0 Å². The van der Waals surface area contributed by atoms with Crippen LogP contribution in [0.1, 0.15) is 11.1 Å². The zero-order valence-electron chi connectivity index (χ0n) is 11.2. The monoisotopic (exact) mass is 388 g/mol. The van der Waals surface area contributed by atoms with Gasteiger partial charge < -0.3 is 10.2 Å². The number of aliphatic hydroxyl groups is 2. The van der Waals surface area contributed by atoms with Crippen molar-refractivity contribution in [3.8, 4) is 0 Å². The molecule has 2 N–H and O–H groups in total. The van der Waals surface area contributed by atoms with Crippen LogP contribution in [0.25, 0.3) is 0 Å². The lowest BCUT2D eigenvalue weighted by Gasteiger charge is -2.31. The highest BCUT2D eigenvalue weighted by atomic mass is 79.9. The molecule has 0 radical (unpaired) electrons. The van der Waals surface area contributed by atoms with Gasteiger partial charge in [0.15, 0.2) is 0 Å². The van der Waals surface area contributed by atoms with Crippen molar-refractivity contribution in [1.82, 2.24) is 0 Å². The first-order chi connectivity index (χ1) is 10.0. The molecular formula is C16H15BrCl2O2.